The number of piperidine rings is 1. The molecule has 2 aliphatic rings. The largest absolute Gasteiger partial charge is 0.354 e. The number of hydrogen-bond acceptors (Lipinski definition) is 3. The molecule has 6 heteroatoms. The van der Waals surface area contributed by atoms with E-state index in [0.717, 1.165) is 5.56 Å². The Hall–Kier alpha value is -2.37. The van der Waals surface area contributed by atoms with Crippen LogP contribution in [0.1, 0.15) is 30.9 Å². The van der Waals surface area contributed by atoms with Crippen molar-refractivity contribution < 1.29 is 14.4 Å². The summed E-state index contributed by atoms with van der Waals surface area (Å²) in [6.45, 7) is 1.54. The van der Waals surface area contributed by atoms with Gasteiger partial charge in [-0.3, -0.25) is 14.4 Å². The lowest BCUT2D eigenvalue weighted by atomic mass is 9.93. The van der Waals surface area contributed by atoms with Gasteiger partial charge in [-0.05, 0) is 12.0 Å². The zero-order valence-electron chi connectivity index (χ0n) is 13.9. The number of nitrogens with one attached hydrogen (secondary N) is 1. The van der Waals surface area contributed by atoms with Crippen LogP contribution in [0.4, 0.5) is 0 Å². The lowest BCUT2D eigenvalue weighted by Gasteiger charge is -2.35. The summed E-state index contributed by atoms with van der Waals surface area (Å²) in [5.41, 5.74) is 0.960. The van der Waals surface area contributed by atoms with Crippen LogP contribution in [0.2, 0.25) is 0 Å². The summed E-state index contributed by atoms with van der Waals surface area (Å²) in [4.78, 5) is 40.5. The predicted octanol–water partition coefficient (Wildman–Crippen LogP) is 0.945. The summed E-state index contributed by atoms with van der Waals surface area (Å²) >= 11 is 0. The quantitative estimate of drug-likeness (QED) is 0.878. The van der Waals surface area contributed by atoms with E-state index in [-0.39, 0.29) is 42.5 Å². The van der Waals surface area contributed by atoms with Crippen LogP contribution in [0.3, 0.4) is 0 Å². The van der Waals surface area contributed by atoms with Crippen molar-refractivity contribution in [2.45, 2.75) is 25.3 Å². The van der Waals surface area contributed by atoms with E-state index in [2.05, 4.69) is 5.32 Å². The Kier molecular flexibility index (Phi) is 4.83. The highest BCUT2D eigenvalue weighted by molar-refractivity contribution is 5.88. The molecule has 0 spiro atoms. The Morgan fingerprint density at radius 2 is 1.88 bits per heavy atom. The molecule has 0 aliphatic carbocycles. The molecule has 1 aromatic carbocycles. The van der Waals surface area contributed by atoms with Gasteiger partial charge in [0.05, 0.1) is 12.5 Å². The maximum atomic E-state index is 13.1. The third kappa shape index (κ3) is 3.42. The first-order chi connectivity index (χ1) is 11.6. The summed E-state index contributed by atoms with van der Waals surface area (Å²) in [7, 11) is 1.77. The van der Waals surface area contributed by atoms with Gasteiger partial charge in [-0.15, -0.1) is 0 Å². The van der Waals surface area contributed by atoms with Crippen molar-refractivity contribution in [1.29, 1.82) is 0 Å². The van der Waals surface area contributed by atoms with Crippen LogP contribution >= 0.6 is 0 Å². The van der Waals surface area contributed by atoms with Crippen molar-refractivity contribution in [3.63, 3.8) is 0 Å². The van der Waals surface area contributed by atoms with Gasteiger partial charge in [-0.2, -0.15) is 0 Å². The Balaban J connectivity index is 1.83. The summed E-state index contributed by atoms with van der Waals surface area (Å²) in [6.07, 6.45) is 1.20. The number of likely N-dealkylation sites (tertiary alicyclic amines) is 1. The molecule has 3 rings (SSSR count). The average molecular weight is 329 g/mol. The normalized spacial score (nSPS) is 25.2. The zero-order chi connectivity index (χ0) is 17.1. The van der Waals surface area contributed by atoms with Gasteiger partial charge in [0, 0.05) is 39.0 Å². The lowest BCUT2D eigenvalue weighted by molar-refractivity contribution is -0.146. The first-order valence-electron chi connectivity index (χ1n) is 8.42. The molecule has 2 saturated heterocycles. The number of benzene rings is 1. The van der Waals surface area contributed by atoms with Crippen LogP contribution in [-0.2, 0) is 14.4 Å². The zero-order valence-corrected chi connectivity index (χ0v) is 13.9. The molecule has 3 amide bonds. The molecule has 1 aromatic rings. The molecular weight excluding hydrogens is 306 g/mol. The maximum Gasteiger partial charge on any atom is 0.226 e. The van der Waals surface area contributed by atoms with Crippen LogP contribution in [0.15, 0.2) is 30.3 Å². The molecule has 0 aromatic heterocycles. The fourth-order valence-electron chi connectivity index (χ4n) is 3.45. The van der Waals surface area contributed by atoms with Crippen molar-refractivity contribution in [1.82, 2.24) is 15.1 Å². The van der Waals surface area contributed by atoms with Crippen molar-refractivity contribution in [3.05, 3.63) is 35.9 Å². The number of rotatable bonds is 2. The minimum absolute atomic E-state index is 0.0122. The molecule has 2 fully saturated rings. The molecule has 0 bridgehead atoms. The lowest BCUT2D eigenvalue weighted by Crippen LogP contribution is -2.45. The van der Waals surface area contributed by atoms with Crippen LogP contribution in [0, 0.1) is 5.92 Å². The Morgan fingerprint density at radius 3 is 2.58 bits per heavy atom. The number of carbonyl (C=O) groups is 3. The first kappa shape index (κ1) is 16.5. The van der Waals surface area contributed by atoms with Crippen molar-refractivity contribution >= 4 is 17.7 Å². The fourth-order valence-corrected chi connectivity index (χ4v) is 3.45. The van der Waals surface area contributed by atoms with Gasteiger partial charge in [0.1, 0.15) is 0 Å². The van der Waals surface area contributed by atoms with E-state index < -0.39 is 0 Å². The molecule has 0 saturated carbocycles. The van der Waals surface area contributed by atoms with Crippen molar-refractivity contribution in [2.75, 3.05) is 26.7 Å². The molecule has 0 unspecified atom stereocenters. The van der Waals surface area contributed by atoms with Gasteiger partial charge in [0.25, 0.3) is 0 Å². The number of carbonyl (C=O) groups excluding carboxylic acids is 3. The molecule has 0 radical (unpaired) electrons. The smallest absolute Gasteiger partial charge is 0.226 e. The summed E-state index contributed by atoms with van der Waals surface area (Å²) < 4.78 is 0. The van der Waals surface area contributed by atoms with Gasteiger partial charge in [0.2, 0.25) is 17.7 Å². The SMILES string of the molecule is CN1CC[C@@H](C(=O)N2CCNC(=O)C[C@@H]2c2ccccc2)CC1=O. The molecule has 2 aliphatic heterocycles. The van der Waals surface area contributed by atoms with E-state index in [4.69, 9.17) is 0 Å². The highest BCUT2D eigenvalue weighted by Gasteiger charge is 2.36. The molecule has 128 valence electrons. The van der Waals surface area contributed by atoms with Gasteiger partial charge in [-0.1, -0.05) is 30.3 Å². The minimum Gasteiger partial charge on any atom is -0.354 e. The number of hydrogen-bond donors (Lipinski definition) is 1. The molecule has 6 nitrogen and oxygen atoms in total. The number of nitrogens with zero attached hydrogens (tertiary/aromatic N) is 2. The predicted molar refractivity (Wildman–Crippen MR) is 88.9 cm³/mol. The molecule has 2 heterocycles. The molecule has 1 N–H and O–H groups in total. The third-order valence-electron chi connectivity index (χ3n) is 4.91. The van der Waals surface area contributed by atoms with Gasteiger partial charge >= 0.3 is 0 Å². The third-order valence-corrected chi connectivity index (χ3v) is 4.91. The second-order valence-electron chi connectivity index (χ2n) is 6.52. The summed E-state index contributed by atoms with van der Waals surface area (Å²) in [6, 6.07) is 9.38. The maximum absolute atomic E-state index is 13.1. The highest BCUT2D eigenvalue weighted by atomic mass is 16.2. The van der Waals surface area contributed by atoms with E-state index in [0.29, 0.717) is 26.1 Å². The molecular formula is C18H23N3O3. The second-order valence-corrected chi connectivity index (χ2v) is 6.52. The second kappa shape index (κ2) is 7.03. The summed E-state index contributed by atoms with van der Waals surface area (Å²) in [5.74, 6) is -0.326. The minimum atomic E-state index is -0.284. The van der Waals surface area contributed by atoms with E-state index in [9.17, 15) is 14.4 Å². The van der Waals surface area contributed by atoms with Crippen molar-refractivity contribution in [3.8, 4) is 0 Å². The van der Waals surface area contributed by atoms with Gasteiger partial charge in [-0.25, -0.2) is 0 Å². The Bertz CT molecular complexity index is 632. The summed E-state index contributed by atoms with van der Waals surface area (Å²) in [5, 5.41) is 2.84. The Labute approximate surface area is 141 Å². The fraction of sp³-hybridized carbons (Fsp3) is 0.500. The van der Waals surface area contributed by atoms with Crippen LogP contribution in [0.25, 0.3) is 0 Å². The van der Waals surface area contributed by atoms with E-state index >= 15 is 0 Å². The number of amides is 3. The van der Waals surface area contributed by atoms with E-state index in [1.807, 2.05) is 30.3 Å². The standard InChI is InChI=1S/C18H23N3O3/c1-20-9-7-14(11-17(20)23)18(24)21-10-8-19-16(22)12-15(21)13-5-3-2-4-6-13/h2-6,14-15H,7-12H2,1H3,(H,19,22)/t14-,15-/m1/s1. The highest BCUT2D eigenvalue weighted by Crippen LogP contribution is 2.29. The molecule has 2 atom stereocenters. The van der Waals surface area contributed by atoms with E-state index in [1.165, 1.54) is 0 Å². The Morgan fingerprint density at radius 1 is 1.12 bits per heavy atom. The van der Waals surface area contributed by atoms with Crippen LogP contribution in [-0.4, -0.2) is 54.2 Å². The molecule has 24 heavy (non-hydrogen) atoms. The average Bonchev–Trinajstić information content (AvgIpc) is 2.79. The monoisotopic (exact) mass is 329 g/mol. The van der Waals surface area contributed by atoms with Crippen LogP contribution < -0.4 is 5.32 Å². The topological polar surface area (TPSA) is 69.7 Å². The van der Waals surface area contributed by atoms with Gasteiger partial charge in [0.15, 0.2) is 0 Å². The van der Waals surface area contributed by atoms with E-state index in [1.54, 1.807) is 16.8 Å². The van der Waals surface area contributed by atoms with Crippen molar-refractivity contribution in [2.24, 2.45) is 5.92 Å². The van der Waals surface area contributed by atoms with Gasteiger partial charge < -0.3 is 15.1 Å². The first-order valence-corrected chi connectivity index (χ1v) is 8.42. The van der Waals surface area contributed by atoms with Crippen LogP contribution in [0.5, 0.6) is 0 Å².